The molecule has 0 fully saturated rings. The number of sulfonamides is 1. The topological polar surface area (TPSA) is 76.7 Å². The van der Waals surface area contributed by atoms with Crippen molar-refractivity contribution in [3.63, 3.8) is 0 Å². The number of rotatable bonds is 9. The van der Waals surface area contributed by atoms with E-state index in [9.17, 15) is 8.42 Å². The van der Waals surface area contributed by atoms with E-state index in [-0.39, 0.29) is 5.75 Å². The van der Waals surface area contributed by atoms with Crippen LogP contribution in [0.15, 0.2) is 18.2 Å². The monoisotopic (exact) mass is 302 g/mol. The zero-order chi connectivity index (χ0) is 15.0. The maximum atomic E-state index is 11.9. The third-order valence-corrected chi connectivity index (χ3v) is 3.72. The first-order valence-electron chi connectivity index (χ1n) is 6.57. The first-order chi connectivity index (χ1) is 9.52. The lowest BCUT2D eigenvalue weighted by Crippen LogP contribution is -2.24. The van der Waals surface area contributed by atoms with E-state index in [4.69, 9.17) is 9.47 Å². The Kier molecular flexibility index (Phi) is 6.60. The summed E-state index contributed by atoms with van der Waals surface area (Å²) in [7, 11) is -1.71. The molecule has 0 saturated heterocycles. The molecule has 6 nitrogen and oxygen atoms in total. The van der Waals surface area contributed by atoms with Crippen LogP contribution in [0.5, 0.6) is 11.5 Å². The van der Waals surface area contributed by atoms with Gasteiger partial charge in [0.1, 0.15) is 11.5 Å². The van der Waals surface area contributed by atoms with E-state index in [1.54, 1.807) is 25.2 Å². The molecule has 0 spiro atoms. The molecule has 2 N–H and O–H groups in total. The molecular formula is C13H22N2O4S. The van der Waals surface area contributed by atoms with Gasteiger partial charge in [0.2, 0.25) is 10.0 Å². The Morgan fingerprint density at radius 1 is 1.15 bits per heavy atom. The van der Waals surface area contributed by atoms with E-state index < -0.39 is 10.0 Å². The van der Waals surface area contributed by atoms with Crippen molar-refractivity contribution in [2.24, 2.45) is 0 Å². The van der Waals surface area contributed by atoms with Crippen LogP contribution >= 0.6 is 0 Å². The summed E-state index contributed by atoms with van der Waals surface area (Å²) >= 11 is 0. The second-order valence-corrected chi connectivity index (χ2v) is 5.89. The third-order valence-electron chi connectivity index (χ3n) is 2.45. The van der Waals surface area contributed by atoms with Gasteiger partial charge in [-0.3, -0.25) is 4.72 Å². The van der Waals surface area contributed by atoms with Crippen LogP contribution in [0.3, 0.4) is 0 Å². The van der Waals surface area contributed by atoms with Gasteiger partial charge in [0.15, 0.2) is 0 Å². The first kappa shape index (κ1) is 16.6. The highest BCUT2D eigenvalue weighted by molar-refractivity contribution is 7.92. The number of nitrogens with one attached hydrogen (secondary N) is 2. The summed E-state index contributed by atoms with van der Waals surface area (Å²) in [5.41, 5.74) is 0.397. The van der Waals surface area contributed by atoms with Crippen molar-refractivity contribution < 1.29 is 17.9 Å². The van der Waals surface area contributed by atoms with Crippen LogP contribution in [0.4, 0.5) is 5.69 Å². The van der Waals surface area contributed by atoms with Gasteiger partial charge in [0.25, 0.3) is 0 Å². The predicted molar refractivity (Wildman–Crippen MR) is 80.1 cm³/mol. The van der Waals surface area contributed by atoms with Crippen molar-refractivity contribution in [1.29, 1.82) is 0 Å². The zero-order valence-corrected chi connectivity index (χ0v) is 12.9. The van der Waals surface area contributed by atoms with Crippen LogP contribution in [-0.4, -0.2) is 41.0 Å². The minimum Gasteiger partial charge on any atom is -0.494 e. The van der Waals surface area contributed by atoms with Gasteiger partial charge in [-0.2, -0.15) is 0 Å². The molecule has 7 heteroatoms. The average Bonchev–Trinajstić information content (AvgIpc) is 2.40. The number of hydrogen-bond acceptors (Lipinski definition) is 5. The van der Waals surface area contributed by atoms with Gasteiger partial charge < -0.3 is 14.8 Å². The van der Waals surface area contributed by atoms with Gasteiger partial charge in [0.05, 0.1) is 24.7 Å². The first-order valence-corrected chi connectivity index (χ1v) is 8.22. The van der Waals surface area contributed by atoms with Gasteiger partial charge in [-0.1, -0.05) is 0 Å². The molecule has 0 aliphatic carbocycles. The van der Waals surface area contributed by atoms with Crippen molar-refractivity contribution in [1.82, 2.24) is 5.32 Å². The average molecular weight is 302 g/mol. The maximum Gasteiger partial charge on any atom is 0.234 e. The summed E-state index contributed by atoms with van der Waals surface area (Å²) in [6.07, 6.45) is 0. The second-order valence-electron chi connectivity index (χ2n) is 4.05. The molecule has 0 aromatic heterocycles. The van der Waals surface area contributed by atoms with Crippen molar-refractivity contribution in [3.05, 3.63) is 18.2 Å². The second kappa shape index (κ2) is 7.96. The predicted octanol–water partition coefficient (Wildman–Crippen LogP) is 1.45. The molecule has 0 atom stereocenters. The highest BCUT2D eigenvalue weighted by atomic mass is 32.2. The Morgan fingerprint density at radius 3 is 2.45 bits per heavy atom. The lowest BCUT2D eigenvalue weighted by molar-refractivity contribution is 0.332. The van der Waals surface area contributed by atoms with E-state index in [1.807, 2.05) is 13.8 Å². The normalized spacial score (nSPS) is 11.2. The number of ether oxygens (including phenoxy) is 2. The molecule has 0 radical (unpaired) electrons. The fourth-order valence-electron chi connectivity index (χ4n) is 1.58. The van der Waals surface area contributed by atoms with Gasteiger partial charge in [-0.05, 0) is 33.0 Å². The number of anilines is 1. The Hall–Kier alpha value is -1.47. The van der Waals surface area contributed by atoms with Crippen LogP contribution in [0.25, 0.3) is 0 Å². The Balaban J connectivity index is 2.97. The van der Waals surface area contributed by atoms with E-state index in [0.29, 0.717) is 36.9 Å². The molecule has 114 valence electrons. The smallest absolute Gasteiger partial charge is 0.234 e. The summed E-state index contributed by atoms with van der Waals surface area (Å²) in [4.78, 5) is 0. The Morgan fingerprint density at radius 2 is 1.85 bits per heavy atom. The highest BCUT2D eigenvalue weighted by Gasteiger charge is 2.14. The van der Waals surface area contributed by atoms with Crippen LogP contribution in [0.2, 0.25) is 0 Å². The van der Waals surface area contributed by atoms with Crippen LogP contribution in [0.1, 0.15) is 13.8 Å². The standard InChI is InChI=1S/C13H22N2O4S/c1-4-18-11-6-7-13(19-5-2)12(10-11)15-20(16,17)9-8-14-3/h6-7,10,14-15H,4-5,8-9H2,1-3H3. The van der Waals surface area contributed by atoms with Gasteiger partial charge >= 0.3 is 0 Å². The Bertz CT molecular complexity index is 517. The van der Waals surface area contributed by atoms with Gasteiger partial charge in [0, 0.05) is 12.6 Å². The molecule has 0 saturated carbocycles. The van der Waals surface area contributed by atoms with Gasteiger partial charge in [-0.15, -0.1) is 0 Å². The summed E-state index contributed by atoms with van der Waals surface area (Å²) in [5.74, 6) is 1.08. The van der Waals surface area contributed by atoms with Crippen molar-refractivity contribution in [2.75, 3.05) is 37.3 Å². The van der Waals surface area contributed by atoms with Crippen molar-refractivity contribution in [2.45, 2.75) is 13.8 Å². The fraction of sp³-hybridized carbons (Fsp3) is 0.538. The Labute approximate surface area is 120 Å². The molecule has 1 rings (SSSR count). The quantitative estimate of drug-likeness (QED) is 0.722. The summed E-state index contributed by atoms with van der Waals surface area (Å²) in [6, 6.07) is 5.08. The van der Waals surface area contributed by atoms with Crippen LogP contribution in [0, 0.1) is 0 Å². The highest BCUT2D eigenvalue weighted by Crippen LogP contribution is 2.30. The molecular weight excluding hydrogens is 280 g/mol. The fourth-order valence-corrected chi connectivity index (χ4v) is 2.65. The minimum atomic E-state index is -3.42. The molecule has 0 unspecified atom stereocenters. The molecule has 0 amide bonds. The maximum absolute atomic E-state index is 11.9. The SMILES string of the molecule is CCOc1ccc(OCC)c(NS(=O)(=O)CCNC)c1. The molecule has 0 heterocycles. The molecule has 1 aromatic rings. The van der Waals surface area contributed by atoms with Crippen LogP contribution in [-0.2, 0) is 10.0 Å². The lowest BCUT2D eigenvalue weighted by atomic mass is 10.3. The lowest BCUT2D eigenvalue weighted by Gasteiger charge is -2.14. The third kappa shape index (κ3) is 5.26. The molecule has 0 aliphatic heterocycles. The molecule has 0 bridgehead atoms. The summed E-state index contributed by atoms with van der Waals surface area (Å²) < 4.78 is 37.2. The molecule has 20 heavy (non-hydrogen) atoms. The number of hydrogen-bond donors (Lipinski definition) is 2. The van der Waals surface area contributed by atoms with Crippen molar-refractivity contribution >= 4 is 15.7 Å². The van der Waals surface area contributed by atoms with Crippen molar-refractivity contribution in [3.8, 4) is 11.5 Å². The number of benzene rings is 1. The largest absolute Gasteiger partial charge is 0.494 e. The minimum absolute atomic E-state index is 0.00602. The van der Waals surface area contributed by atoms with E-state index in [2.05, 4.69) is 10.0 Å². The van der Waals surface area contributed by atoms with Crippen LogP contribution < -0.4 is 19.5 Å². The zero-order valence-electron chi connectivity index (χ0n) is 12.1. The van der Waals surface area contributed by atoms with E-state index in [1.165, 1.54) is 0 Å². The van der Waals surface area contributed by atoms with Gasteiger partial charge in [-0.25, -0.2) is 8.42 Å². The molecule has 1 aromatic carbocycles. The van der Waals surface area contributed by atoms with E-state index in [0.717, 1.165) is 0 Å². The summed E-state index contributed by atoms with van der Waals surface area (Å²) in [5, 5.41) is 2.81. The molecule has 0 aliphatic rings. The van der Waals surface area contributed by atoms with E-state index >= 15 is 0 Å². The summed E-state index contributed by atoms with van der Waals surface area (Å²) in [6.45, 7) is 5.06.